The zero-order chi connectivity index (χ0) is 15.7. The van der Waals surface area contributed by atoms with Crippen molar-refractivity contribution in [2.75, 3.05) is 33.4 Å². The maximum Gasteiger partial charge on any atom is 0.241 e. The fourth-order valence-electron chi connectivity index (χ4n) is 2.94. The Morgan fingerprint density at radius 1 is 1.18 bits per heavy atom. The van der Waals surface area contributed by atoms with Gasteiger partial charge in [0.2, 0.25) is 10.0 Å². The summed E-state index contributed by atoms with van der Waals surface area (Å²) in [5.74, 6) is 1.39. The van der Waals surface area contributed by atoms with E-state index >= 15 is 0 Å². The summed E-state index contributed by atoms with van der Waals surface area (Å²) in [6, 6.07) is 4.72. The van der Waals surface area contributed by atoms with Gasteiger partial charge in [0.25, 0.3) is 0 Å². The van der Waals surface area contributed by atoms with Crippen LogP contribution in [0.3, 0.4) is 0 Å². The van der Waals surface area contributed by atoms with Crippen molar-refractivity contribution in [2.45, 2.75) is 24.3 Å². The molecule has 0 radical (unpaired) electrons. The van der Waals surface area contributed by atoms with Crippen LogP contribution in [0.1, 0.15) is 13.3 Å². The van der Waals surface area contributed by atoms with E-state index in [1.165, 1.54) is 0 Å². The van der Waals surface area contributed by atoms with Crippen molar-refractivity contribution in [3.8, 4) is 11.5 Å². The maximum atomic E-state index is 12.6. The first-order chi connectivity index (χ1) is 10.5. The van der Waals surface area contributed by atoms with Crippen LogP contribution < -0.4 is 14.2 Å². The molecule has 2 aliphatic heterocycles. The highest BCUT2D eigenvalue weighted by Crippen LogP contribution is 2.32. The Hall–Kier alpha value is -1.31. The van der Waals surface area contributed by atoms with E-state index in [1.807, 2.05) is 7.05 Å². The Bertz CT molecular complexity index is 647. The van der Waals surface area contributed by atoms with Gasteiger partial charge in [-0.25, -0.2) is 13.1 Å². The zero-order valence-corrected chi connectivity index (χ0v) is 13.7. The smallest absolute Gasteiger partial charge is 0.241 e. The summed E-state index contributed by atoms with van der Waals surface area (Å²) in [5, 5.41) is 0. The number of rotatable bonds is 3. The molecule has 1 saturated heterocycles. The molecule has 7 heteroatoms. The van der Waals surface area contributed by atoms with Gasteiger partial charge in [-0.2, -0.15) is 0 Å². The van der Waals surface area contributed by atoms with Gasteiger partial charge in [-0.05, 0) is 25.1 Å². The first kappa shape index (κ1) is 15.6. The van der Waals surface area contributed by atoms with Gasteiger partial charge in [0.1, 0.15) is 0 Å². The van der Waals surface area contributed by atoms with E-state index in [1.54, 1.807) is 18.2 Å². The molecule has 0 saturated carbocycles. The third kappa shape index (κ3) is 3.21. The summed E-state index contributed by atoms with van der Waals surface area (Å²) >= 11 is 0. The topological polar surface area (TPSA) is 67.9 Å². The predicted octanol–water partition coefficient (Wildman–Crippen LogP) is 1.08. The van der Waals surface area contributed by atoms with Crippen molar-refractivity contribution in [3.05, 3.63) is 18.2 Å². The van der Waals surface area contributed by atoms with Crippen molar-refractivity contribution < 1.29 is 17.9 Å². The minimum atomic E-state index is -3.56. The predicted molar refractivity (Wildman–Crippen MR) is 82.8 cm³/mol. The van der Waals surface area contributed by atoms with Crippen LogP contribution in [-0.2, 0) is 10.0 Å². The minimum Gasteiger partial charge on any atom is -0.490 e. The minimum absolute atomic E-state index is 0.0639. The van der Waals surface area contributed by atoms with Gasteiger partial charge in [-0.1, -0.05) is 6.92 Å². The molecule has 22 heavy (non-hydrogen) atoms. The fourth-order valence-corrected chi connectivity index (χ4v) is 4.29. The highest BCUT2D eigenvalue weighted by Gasteiger charge is 2.31. The van der Waals surface area contributed by atoms with Crippen LogP contribution in [0.2, 0.25) is 0 Å². The van der Waals surface area contributed by atoms with Gasteiger partial charge in [0, 0.05) is 31.6 Å². The molecule has 0 aromatic heterocycles. The van der Waals surface area contributed by atoms with Gasteiger partial charge in [0.05, 0.1) is 18.1 Å². The molecule has 3 rings (SSSR count). The molecule has 2 aliphatic rings. The van der Waals surface area contributed by atoms with Crippen LogP contribution in [0, 0.1) is 5.92 Å². The highest BCUT2D eigenvalue weighted by molar-refractivity contribution is 7.89. The first-order valence-electron chi connectivity index (χ1n) is 7.56. The third-order valence-electron chi connectivity index (χ3n) is 4.13. The van der Waals surface area contributed by atoms with Crippen molar-refractivity contribution in [1.82, 2.24) is 9.62 Å². The van der Waals surface area contributed by atoms with Crippen molar-refractivity contribution >= 4 is 10.0 Å². The molecule has 122 valence electrons. The summed E-state index contributed by atoms with van der Waals surface area (Å²) < 4.78 is 39.1. The summed E-state index contributed by atoms with van der Waals surface area (Å²) in [6.07, 6.45) is 0.793. The maximum absolute atomic E-state index is 12.6. The molecule has 0 amide bonds. The summed E-state index contributed by atoms with van der Waals surface area (Å²) in [4.78, 5) is 2.35. The number of likely N-dealkylation sites (tertiary alicyclic amines) is 1. The van der Waals surface area contributed by atoms with E-state index in [4.69, 9.17) is 9.47 Å². The number of nitrogens with zero attached hydrogens (tertiary/aromatic N) is 1. The molecular weight excluding hydrogens is 304 g/mol. The monoisotopic (exact) mass is 326 g/mol. The largest absolute Gasteiger partial charge is 0.490 e. The second-order valence-electron chi connectivity index (χ2n) is 6.09. The van der Waals surface area contributed by atoms with Crippen LogP contribution in [0.25, 0.3) is 0 Å². The Labute approximate surface area is 131 Å². The first-order valence-corrected chi connectivity index (χ1v) is 9.04. The van der Waals surface area contributed by atoms with E-state index < -0.39 is 10.0 Å². The van der Waals surface area contributed by atoms with Gasteiger partial charge in [-0.15, -0.1) is 0 Å². The van der Waals surface area contributed by atoms with Gasteiger partial charge in [0.15, 0.2) is 11.5 Å². The molecule has 6 nitrogen and oxygen atoms in total. The third-order valence-corrected chi connectivity index (χ3v) is 5.62. The second-order valence-corrected chi connectivity index (χ2v) is 7.80. The van der Waals surface area contributed by atoms with E-state index in [9.17, 15) is 8.42 Å². The van der Waals surface area contributed by atoms with Crippen LogP contribution >= 0.6 is 0 Å². The molecule has 0 unspecified atom stereocenters. The Morgan fingerprint density at radius 2 is 1.91 bits per heavy atom. The number of nitrogens with one attached hydrogen (secondary N) is 1. The lowest BCUT2D eigenvalue weighted by atomic mass is 10.1. The van der Waals surface area contributed by atoms with Crippen molar-refractivity contribution in [3.63, 3.8) is 0 Å². The average molecular weight is 326 g/mol. The average Bonchev–Trinajstić information content (AvgIpc) is 2.66. The molecular formula is C15H22N2O4S. The standard InChI is InChI=1S/C15H22N2O4S/c1-11-9-17(2)10-13(11)16-22(18,19)12-4-5-14-15(8-12)21-7-3-6-20-14/h4-5,8,11,13,16H,3,6-7,9-10H2,1-2H3/t11-,13-/m0/s1. The van der Waals surface area contributed by atoms with Gasteiger partial charge >= 0.3 is 0 Å². The normalized spacial score (nSPS) is 25.9. The number of sulfonamides is 1. The molecule has 1 aromatic carbocycles. The van der Waals surface area contributed by atoms with Crippen LogP contribution in [0.5, 0.6) is 11.5 Å². The van der Waals surface area contributed by atoms with Crippen molar-refractivity contribution in [2.24, 2.45) is 5.92 Å². The summed E-state index contributed by atoms with van der Waals surface area (Å²) in [6.45, 7) is 4.81. The Morgan fingerprint density at radius 3 is 2.59 bits per heavy atom. The molecule has 1 aromatic rings. The quantitative estimate of drug-likeness (QED) is 0.900. The molecule has 0 spiro atoms. The lowest BCUT2D eigenvalue weighted by molar-refractivity contribution is 0.297. The number of hydrogen-bond acceptors (Lipinski definition) is 5. The summed E-state index contributed by atoms with van der Waals surface area (Å²) in [7, 11) is -1.56. The highest BCUT2D eigenvalue weighted by atomic mass is 32.2. The van der Waals surface area contributed by atoms with Crippen LogP contribution in [-0.4, -0.2) is 52.7 Å². The number of ether oxygens (including phenoxy) is 2. The molecule has 0 aliphatic carbocycles. The number of benzene rings is 1. The lowest BCUT2D eigenvalue weighted by Gasteiger charge is -2.17. The number of hydrogen-bond donors (Lipinski definition) is 1. The van der Waals surface area contributed by atoms with Crippen LogP contribution in [0.4, 0.5) is 0 Å². The fraction of sp³-hybridized carbons (Fsp3) is 0.600. The van der Waals surface area contributed by atoms with Gasteiger partial charge in [-0.3, -0.25) is 0 Å². The Kier molecular flexibility index (Phi) is 4.29. The van der Waals surface area contributed by atoms with E-state index in [2.05, 4.69) is 16.5 Å². The molecule has 2 atom stereocenters. The SMILES string of the molecule is C[C@H]1CN(C)C[C@@H]1NS(=O)(=O)c1ccc2c(c1)OCCCO2. The number of likely N-dealkylation sites (N-methyl/N-ethyl adjacent to an activating group) is 1. The lowest BCUT2D eigenvalue weighted by Crippen LogP contribution is -2.39. The van der Waals surface area contributed by atoms with E-state index in [0.29, 0.717) is 30.6 Å². The van der Waals surface area contributed by atoms with E-state index in [-0.39, 0.29) is 10.9 Å². The molecule has 1 N–H and O–H groups in total. The van der Waals surface area contributed by atoms with Crippen molar-refractivity contribution in [1.29, 1.82) is 0 Å². The molecule has 2 heterocycles. The molecule has 0 bridgehead atoms. The Balaban J connectivity index is 1.82. The molecule has 1 fully saturated rings. The van der Waals surface area contributed by atoms with Gasteiger partial charge < -0.3 is 14.4 Å². The summed E-state index contributed by atoms with van der Waals surface area (Å²) in [5.41, 5.74) is 0. The second kappa shape index (κ2) is 6.06. The van der Waals surface area contributed by atoms with E-state index in [0.717, 1.165) is 19.5 Å². The zero-order valence-electron chi connectivity index (χ0n) is 12.9. The number of fused-ring (bicyclic) bond motifs is 1. The van der Waals surface area contributed by atoms with Crippen LogP contribution in [0.15, 0.2) is 23.1 Å².